The molecule has 0 saturated heterocycles. The molecule has 0 aromatic rings. The van der Waals surface area contributed by atoms with Crippen LogP contribution in [-0.2, 0) is 9.53 Å². The van der Waals surface area contributed by atoms with Crippen LogP contribution in [0.1, 0.15) is 33.1 Å². The van der Waals surface area contributed by atoms with E-state index in [0.29, 0.717) is 24.9 Å². The Bertz CT molecular complexity index is 196. The van der Waals surface area contributed by atoms with E-state index in [2.05, 4.69) is 19.1 Å². The van der Waals surface area contributed by atoms with Crippen molar-refractivity contribution in [1.29, 1.82) is 0 Å². The van der Waals surface area contributed by atoms with Gasteiger partial charge in [-0.05, 0) is 31.6 Å². The third kappa shape index (κ3) is 3.62. The molecular formula is C11H18O2. The molecule has 2 nitrogen and oxygen atoms in total. The van der Waals surface area contributed by atoms with Crippen LogP contribution >= 0.6 is 0 Å². The Kier molecular flexibility index (Phi) is 4.00. The highest BCUT2D eigenvalue weighted by atomic mass is 16.5. The molecule has 0 amide bonds. The normalized spacial score (nSPS) is 27.2. The van der Waals surface area contributed by atoms with Crippen molar-refractivity contribution in [3.8, 4) is 0 Å². The van der Waals surface area contributed by atoms with Gasteiger partial charge >= 0.3 is 5.97 Å². The molecule has 0 spiro atoms. The average Bonchev–Trinajstić information content (AvgIpc) is 2.09. The first-order valence-electron chi connectivity index (χ1n) is 5.06. The van der Waals surface area contributed by atoms with Crippen LogP contribution in [0.5, 0.6) is 0 Å². The summed E-state index contributed by atoms with van der Waals surface area (Å²) in [6.07, 6.45) is 7.23. The van der Waals surface area contributed by atoms with E-state index in [1.165, 1.54) is 6.42 Å². The number of rotatable bonds is 3. The highest BCUT2D eigenvalue weighted by molar-refractivity contribution is 5.69. The minimum absolute atomic E-state index is 0.0632. The van der Waals surface area contributed by atoms with Crippen molar-refractivity contribution in [3.63, 3.8) is 0 Å². The summed E-state index contributed by atoms with van der Waals surface area (Å²) in [5.74, 6) is 1.03. The summed E-state index contributed by atoms with van der Waals surface area (Å²) in [7, 11) is 0. The second-order valence-electron chi connectivity index (χ2n) is 3.71. The molecule has 1 aliphatic rings. The van der Waals surface area contributed by atoms with Crippen molar-refractivity contribution in [3.05, 3.63) is 12.2 Å². The van der Waals surface area contributed by atoms with E-state index in [-0.39, 0.29) is 5.97 Å². The number of carbonyl (C=O) groups is 1. The molecule has 1 rings (SSSR count). The summed E-state index contributed by atoms with van der Waals surface area (Å²) in [6.45, 7) is 4.54. The molecule has 0 aromatic carbocycles. The van der Waals surface area contributed by atoms with Gasteiger partial charge in [0.2, 0.25) is 0 Å². The van der Waals surface area contributed by atoms with Crippen molar-refractivity contribution in [2.75, 3.05) is 6.61 Å². The number of hydrogen-bond acceptors (Lipinski definition) is 2. The Morgan fingerprint density at radius 1 is 1.46 bits per heavy atom. The summed E-state index contributed by atoms with van der Waals surface area (Å²) in [5, 5.41) is 0. The molecule has 0 heterocycles. The minimum Gasteiger partial charge on any atom is -0.466 e. The third-order valence-corrected chi connectivity index (χ3v) is 2.44. The lowest BCUT2D eigenvalue weighted by Crippen LogP contribution is -2.13. The van der Waals surface area contributed by atoms with Crippen molar-refractivity contribution < 1.29 is 9.53 Å². The van der Waals surface area contributed by atoms with Crippen LogP contribution in [0.3, 0.4) is 0 Å². The predicted molar refractivity (Wildman–Crippen MR) is 52.3 cm³/mol. The second kappa shape index (κ2) is 5.05. The molecule has 0 N–H and O–H groups in total. The molecule has 2 heteroatoms. The van der Waals surface area contributed by atoms with Crippen LogP contribution in [0.4, 0.5) is 0 Å². The second-order valence-corrected chi connectivity index (χ2v) is 3.71. The topological polar surface area (TPSA) is 26.3 Å². The van der Waals surface area contributed by atoms with E-state index in [1.54, 1.807) is 0 Å². The zero-order chi connectivity index (χ0) is 9.68. The first-order chi connectivity index (χ1) is 6.22. The van der Waals surface area contributed by atoms with Crippen LogP contribution in [-0.4, -0.2) is 12.6 Å². The molecule has 0 fully saturated rings. The van der Waals surface area contributed by atoms with Crippen LogP contribution in [0.2, 0.25) is 0 Å². The average molecular weight is 182 g/mol. The van der Waals surface area contributed by atoms with Crippen LogP contribution in [0, 0.1) is 11.8 Å². The fraction of sp³-hybridized carbons (Fsp3) is 0.727. The van der Waals surface area contributed by atoms with Crippen molar-refractivity contribution in [2.45, 2.75) is 33.1 Å². The van der Waals surface area contributed by atoms with Gasteiger partial charge in [-0.25, -0.2) is 0 Å². The Morgan fingerprint density at radius 3 is 2.77 bits per heavy atom. The van der Waals surface area contributed by atoms with Crippen molar-refractivity contribution in [1.82, 2.24) is 0 Å². The quantitative estimate of drug-likeness (QED) is 0.495. The lowest BCUT2D eigenvalue weighted by Gasteiger charge is -2.19. The molecule has 0 aromatic heterocycles. The fourth-order valence-corrected chi connectivity index (χ4v) is 1.62. The molecule has 2 unspecified atom stereocenters. The minimum atomic E-state index is -0.0632. The summed E-state index contributed by atoms with van der Waals surface area (Å²) in [5.41, 5.74) is 0. The Hall–Kier alpha value is -0.790. The standard InChI is InChI=1S/C11H18O2/c1-3-13-11(12)8-10-6-4-9(2)5-7-10/h4,6,9-10H,3,5,7-8H2,1-2H3. The predicted octanol–water partition coefficient (Wildman–Crippen LogP) is 2.54. The summed E-state index contributed by atoms with van der Waals surface area (Å²) >= 11 is 0. The van der Waals surface area contributed by atoms with E-state index in [0.717, 1.165) is 6.42 Å². The van der Waals surface area contributed by atoms with E-state index in [9.17, 15) is 4.79 Å². The molecule has 0 aliphatic heterocycles. The first kappa shape index (κ1) is 10.3. The van der Waals surface area contributed by atoms with E-state index in [4.69, 9.17) is 4.74 Å². The summed E-state index contributed by atoms with van der Waals surface area (Å²) in [4.78, 5) is 11.1. The lowest BCUT2D eigenvalue weighted by molar-refractivity contribution is -0.143. The van der Waals surface area contributed by atoms with Crippen molar-refractivity contribution in [2.24, 2.45) is 11.8 Å². The highest BCUT2D eigenvalue weighted by Crippen LogP contribution is 2.24. The molecular weight excluding hydrogens is 164 g/mol. The zero-order valence-corrected chi connectivity index (χ0v) is 8.45. The number of esters is 1. The number of carbonyl (C=O) groups excluding carboxylic acids is 1. The van der Waals surface area contributed by atoms with Gasteiger partial charge in [-0.2, -0.15) is 0 Å². The number of hydrogen-bond donors (Lipinski definition) is 0. The van der Waals surface area contributed by atoms with Gasteiger partial charge in [0.1, 0.15) is 0 Å². The SMILES string of the molecule is CCOC(=O)CC1C=CC(C)CC1. The summed E-state index contributed by atoms with van der Waals surface area (Å²) in [6, 6.07) is 0. The highest BCUT2D eigenvalue weighted by Gasteiger charge is 2.16. The molecule has 13 heavy (non-hydrogen) atoms. The van der Waals surface area contributed by atoms with Crippen LogP contribution < -0.4 is 0 Å². The molecule has 2 atom stereocenters. The van der Waals surface area contributed by atoms with Gasteiger partial charge in [-0.1, -0.05) is 19.1 Å². The van der Waals surface area contributed by atoms with Gasteiger partial charge < -0.3 is 4.74 Å². The monoisotopic (exact) mass is 182 g/mol. The van der Waals surface area contributed by atoms with Gasteiger partial charge in [0.05, 0.1) is 13.0 Å². The Balaban J connectivity index is 2.30. The third-order valence-electron chi connectivity index (χ3n) is 2.44. The lowest BCUT2D eigenvalue weighted by atomic mass is 9.88. The van der Waals surface area contributed by atoms with Crippen LogP contribution in [0.15, 0.2) is 12.2 Å². The van der Waals surface area contributed by atoms with E-state index in [1.807, 2.05) is 6.92 Å². The van der Waals surface area contributed by atoms with Gasteiger partial charge in [0.15, 0.2) is 0 Å². The van der Waals surface area contributed by atoms with Gasteiger partial charge in [-0.15, -0.1) is 0 Å². The van der Waals surface area contributed by atoms with Gasteiger partial charge in [0.25, 0.3) is 0 Å². The fourth-order valence-electron chi connectivity index (χ4n) is 1.62. The summed E-state index contributed by atoms with van der Waals surface area (Å²) < 4.78 is 4.90. The number of ether oxygens (including phenoxy) is 1. The molecule has 0 bridgehead atoms. The maximum atomic E-state index is 11.1. The van der Waals surface area contributed by atoms with Gasteiger partial charge in [0, 0.05) is 0 Å². The van der Waals surface area contributed by atoms with E-state index >= 15 is 0 Å². The smallest absolute Gasteiger partial charge is 0.306 e. The van der Waals surface area contributed by atoms with Gasteiger partial charge in [-0.3, -0.25) is 4.79 Å². The van der Waals surface area contributed by atoms with Crippen LogP contribution in [0.25, 0.3) is 0 Å². The Morgan fingerprint density at radius 2 is 2.23 bits per heavy atom. The van der Waals surface area contributed by atoms with E-state index < -0.39 is 0 Å². The van der Waals surface area contributed by atoms with Crippen molar-refractivity contribution >= 4 is 5.97 Å². The molecule has 0 radical (unpaired) electrons. The maximum Gasteiger partial charge on any atom is 0.306 e. The zero-order valence-electron chi connectivity index (χ0n) is 8.45. The largest absolute Gasteiger partial charge is 0.466 e. The Labute approximate surface area is 80.0 Å². The maximum absolute atomic E-state index is 11.1. The number of allylic oxidation sites excluding steroid dienone is 2. The molecule has 1 aliphatic carbocycles. The molecule has 0 saturated carbocycles. The first-order valence-corrected chi connectivity index (χ1v) is 5.06. The molecule has 74 valence electrons.